The number of urea groups is 1. The first-order valence-corrected chi connectivity index (χ1v) is 9.75. The van der Waals surface area contributed by atoms with E-state index in [1.165, 1.54) is 29.0 Å². The van der Waals surface area contributed by atoms with Crippen LogP contribution in [-0.4, -0.2) is 40.9 Å². The molecule has 4 rings (SSSR count). The monoisotopic (exact) mass is 423 g/mol. The van der Waals surface area contributed by atoms with Crippen molar-refractivity contribution in [2.24, 2.45) is 0 Å². The molecule has 0 saturated heterocycles. The van der Waals surface area contributed by atoms with Crippen LogP contribution in [-0.2, 0) is 6.54 Å². The minimum Gasteiger partial charge on any atom is -0.497 e. The minimum absolute atomic E-state index is 0.0949. The van der Waals surface area contributed by atoms with E-state index < -0.39 is 17.9 Å². The van der Waals surface area contributed by atoms with E-state index in [0.29, 0.717) is 23.1 Å². The Kier molecular flexibility index (Phi) is 5.68. The molecule has 0 aliphatic carbocycles. The number of halogens is 1. The van der Waals surface area contributed by atoms with Gasteiger partial charge >= 0.3 is 6.03 Å². The molecule has 0 fully saturated rings. The predicted octanol–water partition coefficient (Wildman–Crippen LogP) is 3.70. The number of hydrogen-bond acceptors (Lipinski definition) is 6. The maximum absolute atomic E-state index is 14.7. The van der Waals surface area contributed by atoms with Crippen molar-refractivity contribution in [2.75, 3.05) is 28.8 Å². The molecule has 2 aromatic carbocycles. The van der Waals surface area contributed by atoms with Gasteiger partial charge in [0.05, 0.1) is 32.0 Å². The standard InChI is InChI=1S/C22H22FN5O3/c1-14(13-29)28-20-15(11-24-21(26-20)25-16-6-4-3-5-7-16)12-27(22(28)30)19-9-8-17(31-2)10-18(19)23/h3-11,14,29H,12-13H2,1-2H3,(H,24,25,26). The average molecular weight is 423 g/mol. The van der Waals surface area contributed by atoms with Crippen molar-refractivity contribution in [3.8, 4) is 5.75 Å². The topological polar surface area (TPSA) is 90.8 Å². The molecule has 1 unspecified atom stereocenters. The van der Waals surface area contributed by atoms with Crippen LogP contribution in [0.2, 0.25) is 0 Å². The Balaban J connectivity index is 1.73. The van der Waals surface area contributed by atoms with E-state index in [-0.39, 0.29) is 18.8 Å². The summed E-state index contributed by atoms with van der Waals surface area (Å²) < 4.78 is 19.7. The Bertz CT molecular complexity index is 1100. The molecule has 9 heteroatoms. The Labute approximate surface area is 178 Å². The maximum atomic E-state index is 14.7. The number of para-hydroxylation sites is 1. The largest absolute Gasteiger partial charge is 0.497 e. The Morgan fingerprint density at radius 2 is 2.03 bits per heavy atom. The van der Waals surface area contributed by atoms with Crippen LogP contribution in [0.5, 0.6) is 5.75 Å². The SMILES string of the molecule is COc1ccc(N2Cc3cnc(Nc4ccccc4)nc3N(C(C)CO)C2=O)c(F)c1. The average Bonchev–Trinajstić information content (AvgIpc) is 2.79. The van der Waals surface area contributed by atoms with Crippen LogP contribution in [0.1, 0.15) is 12.5 Å². The van der Waals surface area contributed by atoms with Crippen molar-refractivity contribution in [3.63, 3.8) is 0 Å². The van der Waals surface area contributed by atoms with E-state index in [1.54, 1.807) is 19.2 Å². The number of hydrogen-bond donors (Lipinski definition) is 2. The van der Waals surface area contributed by atoms with Gasteiger partial charge in [-0.15, -0.1) is 0 Å². The Morgan fingerprint density at radius 1 is 1.26 bits per heavy atom. The van der Waals surface area contributed by atoms with Gasteiger partial charge in [-0.2, -0.15) is 4.98 Å². The second-order valence-corrected chi connectivity index (χ2v) is 7.12. The number of aromatic nitrogens is 2. The highest BCUT2D eigenvalue weighted by molar-refractivity contribution is 6.06. The van der Waals surface area contributed by atoms with E-state index in [4.69, 9.17) is 4.74 Å². The van der Waals surface area contributed by atoms with Crippen LogP contribution in [0.3, 0.4) is 0 Å². The van der Waals surface area contributed by atoms with Gasteiger partial charge in [-0.1, -0.05) is 18.2 Å². The maximum Gasteiger partial charge on any atom is 0.330 e. The summed E-state index contributed by atoms with van der Waals surface area (Å²) in [5, 5.41) is 12.9. The lowest BCUT2D eigenvalue weighted by molar-refractivity contribution is 0.234. The molecule has 2 amide bonds. The molecule has 1 aliphatic rings. The third-order valence-corrected chi connectivity index (χ3v) is 5.02. The quantitative estimate of drug-likeness (QED) is 0.628. The molecule has 0 bridgehead atoms. The van der Waals surface area contributed by atoms with Gasteiger partial charge in [0, 0.05) is 23.5 Å². The summed E-state index contributed by atoms with van der Waals surface area (Å²) in [7, 11) is 1.44. The molecule has 1 aliphatic heterocycles. The number of nitrogens with one attached hydrogen (secondary N) is 1. The first-order valence-electron chi connectivity index (χ1n) is 9.75. The van der Waals surface area contributed by atoms with Crippen LogP contribution in [0.15, 0.2) is 54.7 Å². The number of carbonyl (C=O) groups excluding carboxylic acids is 1. The van der Waals surface area contributed by atoms with Gasteiger partial charge in [-0.05, 0) is 31.2 Å². The van der Waals surface area contributed by atoms with Gasteiger partial charge in [-0.25, -0.2) is 14.2 Å². The molecule has 31 heavy (non-hydrogen) atoms. The summed E-state index contributed by atoms with van der Waals surface area (Å²) in [6, 6.07) is 12.6. The zero-order valence-electron chi connectivity index (χ0n) is 17.1. The van der Waals surface area contributed by atoms with Crippen molar-refractivity contribution in [1.29, 1.82) is 0 Å². The first kappa shape index (κ1) is 20.5. The molecular formula is C22H22FN5O3. The molecule has 1 aromatic heterocycles. The third kappa shape index (κ3) is 3.99. The van der Waals surface area contributed by atoms with Gasteiger partial charge in [0.1, 0.15) is 11.6 Å². The molecule has 2 heterocycles. The number of fused-ring (bicyclic) bond motifs is 1. The smallest absolute Gasteiger partial charge is 0.330 e. The first-order chi connectivity index (χ1) is 15.0. The number of aliphatic hydroxyl groups excluding tert-OH is 1. The van der Waals surface area contributed by atoms with Crippen molar-refractivity contribution < 1.29 is 19.0 Å². The number of ether oxygens (including phenoxy) is 1. The highest BCUT2D eigenvalue weighted by Gasteiger charge is 2.36. The molecule has 160 valence electrons. The molecule has 8 nitrogen and oxygen atoms in total. The predicted molar refractivity (Wildman–Crippen MR) is 115 cm³/mol. The molecule has 0 radical (unpaired) electrons. The van der Waals surface area contributed by atoms with Crippen molar-refractivity contribution in [2.45, 2.75) is 19.5 Å². The third-order valence-electron chi connectivity index (χ3n) is 5.02. The van der Waals surface area contributed by atoms with Gasteiger partial charge in [0.15, 0.2) is 5.82 Å². The van der Waals surface area contributed by atoms with E-state index >= 15 is 0 Å². The second-order valence-electron chi connectivity index (χ2n) is 7.12. The molecule has 1 atom stereocenters. The number of nitrogens with zero attached hydrogens (tertiary/aromatic N) is 4. The number of rotatable bonds is 6. The summed E-state index contributed by atoms with van der Waals surface area (Å²) in [5.74, 6) is 0.463. The van der Waals surface area contributed by atoms with Crippen LogP contribution in [0, 0.1) is 5.82 Å². The van der Waals surface area contributed by atoms with Crippen LogP contribution in [0.4, 0.5) is 32.3 Å². The summed E-state index contributed by atoms with van der Waals surface area (Å²) in [5.41, 5.74) is 1.54. The van der Waals surface area contributed by atoms with Crippen molar-refractivity contribution >= 4 is 29.2 Å². The van der Waals surface area contributed by atoms with E-state index in [2.05, 4.69) is 15.3 Å². The summed E-state index contributed by atoms with van der Waals surface area (Å²) in [6.45, 7) is 1.51. The lowest BCUT2D eigenvalue weighted by Gasteiger charge is -2.38. The Morgan fingerprint density at radius 3 is 2.71 bits per heavy atom. The van der Waals surface area contributed by atoms with Crippen molar-refractivity contribution in [3.05, 3.63) is 66.1 Å². The van der Waals surface area contributed by atoms with Gasteiger partial charge in [0.25, 0.3) is 0 Å². The fraction of sp³-hybridized carbons (Fsp3) is 0.227. The molecular weight excluding hydrogens is 401 g/mol. The van der Waals surface area contributed by atoms with E-state index in [0.717, 1.165) is 5.69 Å². The number of benzene rings is 2. The lowest BCUT2D eigenvalue weighted by Crippen LogP contribution is -2.53. The van der Waals surface area contributed by atoms with E-state index in [9.17, 15) is 14.3 Å². The summed E-state index contributed by atoms with van der Waals surface area (Å²) >= 11 is 0. The normalized spacial score (nSPS) is 14.3. The number of methoxy groups -OCH3 is 1. The van der Waals surface area contributed by atoms with Gasteiger partial charge < -0.3 is 15.2 Å². The van der Waals surface area contributed by atoms with Crippen LogP contribution in [0.25, 0.3) is 0 Å². The number of amides is 2. The Hall–Kier alpha value is -3.72. The number of carbonyl (C=O) groups is 1. The van der Waals surface area contributed by atoms with Crippen molar-refractivity contribution in [1.82, 2.24) is 9.97 Å². The highest BCUT2D eigenvalue weighted by Crippen LogP contribution is 2.34. The summed E-state index contributed by atoms with van der Waals surface area (Å²) in [4.78, 5) is 24.9. The lowest BCUT2D eigenvalue weighted by atomic mass is 10.1. The molecule has 3 aromatic rings. The molecule has 0 spiro atoms. The van der Waals surface area contributed by atoms with Gasteiger partial charge in [-0.3, -0.25) is 9.80 Å². The van der Waals surface area contributed by atoms with Crippen LogP contribution < -0.4 is 19.9 Å². The molecule has 2 N–H and O–H groups in total. The van der Waals surface area contributed by atoms with Gasteiger partial charge in [0.2, 0.25) is 5.95 Å². The van der Waals surface area contributed by atoms with E-state index in [1.807, 2.05) is 30.3 Å². The summed E-state index contributed by atoms with van der Waals surface area (Å²) in [6.07, 6.45) is 1.60. The second kappa shape index (κ2) is 8.57. The highest BCUT2D eigenvalue weighted by atomic mass is 19.1. The minimum atomic E-state index is -0.587. The zero-order chi connectivity index (χ0) is 22.0. The fourth-order valence-corrected chi connectivity index (χ4v) is 3.39. The molecule has 0 saturated carbocycles. The fourth-order valence-electron chi connectivity index (χ4n) is 3.39. The van der Waals surface area contributed by atoms with Crippen LogP contribution >= 0.6 is 0 Å². The number of anilines is 4. The number of aliphatic hydroxyl groups is 1. The zero-order valence-corrected chi connectivity index (χ0v) is 17.1.